The summed E-state index contributed by atoms with van der Waals surface area (Å²) < 4.78 is 18.9. The highest BCUT2D eigenvalue weighted by molar-refractivity contribution is 6.31. The zero-order valence-electron chi connectivity index (χ0n) is 13.2. The molecule has 2 aromatic rings. The molecule has 0 bridgehead atoms. The topological polar surface area (TPSA) is 29.5 Å². The molecule has 0 saturated heterocycles. The molecule has 0 radical (unpaired) electrons. The average molecular weight is 336 g/mol. The van der Waals surface area contributed by atoms with Crippen LogP contribution in [0.5, 0.6) is 5.75 Å². The Labute approximate surface area is 140 Å². The smallest absolute Gasteiger partial charge is 0.222 e. The summed E-state index contributed by atoms with van der Waals surface area (Å²) in [6.07, 6.45) is 0.946. The van der Waals surface area contributed by atoms with Crippen LogP contribution in [0.1, 0.15) is 17.5 Å². The van der Waals surface area contributed by atoms with Crippen molar-refractivity contribution in [3.63, 3.8) is 0 Å². The number of benzene rings is 2. The molecule has 1 amide bonds. The van der Waals surface area contributed by atoms with Crippen molar-refractivity contribution in [1.29, 1.82) is 0 Å². The number of nitrogens with zero attached hydrogens (tertiary/aromatic N) is 1. The number of aryl methyl sites for hydroxylation is 1. The maximum atomic E-state index is 13.8. The number of carbonyl (C=O) groups excluding carboxylic acids is 1. The van der Waals surface area contributed by atoms with Crippen molar-refractivity contribution in [2.75, 3.05) is 14.2 Å². The van der Waals surface area contributed by atoms with E-state index in [1.165, 1.54) is 11.0 Å². The van der Waals surface area contributed by atoms with Gasteiger partial charge in [0.25, 0.3) is 0 Å². The first-order chi connectivity index (χ1) is 11.0. The minimum atomic E-state index is -0.398. The zero-order valence-corrected chi connectivity index (χ0v) is 13.9. The second kappa shape index (κ2) is 7.97. The van der Waals surface area contributed by atoms with E-state index >= 15 is 0 Å². The van der Waals surface area contributed by atoms with Gasteiger partial charge in [-0.3, -0.25) is 4.79 Å². The molecule has 23 heavy (non-hydrogen) atoms. The molecule has 0 aliphatic heterocycles. The van der Waals surface area contributed by atoms with Gasteiger partial charge < -0.3 is 9.64 Å². The van der Waals surface area contributed by atoms with Crippen molar-refractivity contribution >= 4 is 17.5 Å². The highest BCUT2D eigenvalue weighted by atomic mass is 35.5. The van der Waals surface area contributed by atoms with Crippen LogP contribution < -0.4 is 4.74 Å². The van der Waals surface area contributed by atoms with E-state index in [1.807, 2.05) is 24.3 Å². The number of halogens is 2. The summed E-state index contributed by atoms with van der Waals surface area (Å²) in [5.74, 6) is 0.304. The van der Waals surface area contributed by atoms with Crippen LogP contribution in [0.4, 0.5) is 4.39 Å². The van der Waals surface area contributed by atoms with E-state index in [0.29, 0.717) is 23.4 Å². The predicted octanol–water partition coefficient (Wildman–Crippen LogP) is 4.08. The number of amides is 1. The van der Waals surface area contributed by atoms with Gasteiger partial charge in [-0.25, -0.2) is 4.39 Å². The third-order valence-corrected chi connectivity index (χ3v) is 4.00. The van der Waals surface area contributed by atoms with Crippen molar-refractivity contribution < 1.29 is 13.9 Å². The molecule has 0 saturated carbocycles. The van der Waals surface area contributed by atoms with Gasteiger partial charge in [0.15, 0.2) is 0 Å². The largest absolute Gasteiger partial charge is 0.497 e. The third kappa shape index (κ3) is 4.70. The van der Waals surface area contributed by atoms with Crippen LogP contribution in [-0.4, -0.2) is 25.0 Å². The minimum absolute atomic E-state index is 0.0628. The lowest BCUT2D eigenvalue weighted by Gasteiger charge is -2.18. The van der Waals surface area contributed by atoms with E-state index in [9.17, 15) is 9.18 Å². The number of methoxy groups -OCH3 is 1. The highest BCUT2D eigenvalue weighted by Gasteiger charge is 2.14. The van der Waals surface area contributed by atoms with Crippen LogP contribution in [0.25, 0.3) is 0 Å². The predicted molar refractivity (Wildman–Crippen MR) is 89.2 cm³/mol. The lowest BCUT2D eigenvalue weighted by molar-refractivity contribution is -0.130. The Morgan fingerprint density at radius 2 is 2.00 bits per heavy atom. The zero-order chi connectivity index (χ0) is 16.8. The quantitative estimate of drug-likeness (QED) is 0.796. The highest BCUT2D eigenvalue weighted by Crippen LogP contribution is 2.21. The van der Waals surface area contributed by atoms with Crippen molar-refractivity contribution in [1.82, 2.24) is 4.90 Å². The Hall–Kier alpha value is -2.07. The molecule has 0 heterocycles. The molecule has 3 nitrogen and oxygen atoms in total. The van der Waals surface area contributed by atoms with E-state index in [0.717, 1.165) is 11.3 Å². The summed E-state index contributed by atoms with van der Waals surface area (Å²) in [5.41, 5.74) is 1.36. The lowest BCUT2D eigenvalue weighted by Crippen LogP contribution is -2.27. The fraction of sp³-hybridized carbons (Fsp3) is 0.278. The average Bonchev–Trinajstić information content (AvgIpc) is 2.56. The van der Waals surface area contributed by atoms with E-state index < -0.39 is 5.82 Å². The van der Waals surface area contributed by atoms with Gasteiger partial charge in [-0.15, -0.1) is 0 Å². The van der Waals surface area contributed by atoms with Gasteiger partial charge in [0, 0.05) is 30.6 Å². The fourth-order valence-corrected chi connectivity index (χ4v) is 2.50. The molecule has 5 heteroatoms. The number of ether oxygens (including phenoxy) is 1. The summed E-state index contributed by atoms with van der Waals surface area (Å²) in [5, 5.41) is 0.331. The van der Waals surface area contributed by atoms with Crippen LogP contribution in [0.3, 0.4) is 0 Å². The van der Waals surface area contributed by atoms with E-state index in [-0.39, 0.29) is 12.5 Å². The van der Waals surface area contributed by atoms with Crippen LogP contribution in [-0.2, 0) is 17.8 Å². The van der Waals surface area contributed by atoms with Gasteiger partial charge in [-0.1, -0.05) is 29.8 Å². The van der Waals surface area contributed by atoms with E-state index in [4.69, 9.17) is 16.3 Å². The summed E-state index contributed by atoms with van der Waals surface area (Å²) in [7, 11) is 3.26. The molecule has 0 spiro atoms. The van der Waals surface area contributed by atoms with Crippen LogP contribution in [0.15, 0.2) is 42.5 Å². The maximum absolute atomic E-state index is 13.8. The van der Waals surface area contributed by atoms with Gasteiger partial charge in [0.1, 0.15) is 11.6 Å². The molecule has 0 unspecified atom stereocenters. The molecule has 0 atom stereocenters. The standard InChI is InChI=1S/C18H19ClFNO2/c1-21(12-15-16(19)7-4-8-17(15)20)18(22)10-9-13-5-3-6-14(11-13)23-2/h3-8,11H,9-10,12H2,1-2H3. The van der Waals surface area contributed by atoms with Gasteiger partial charge in [-0.2, -0.15) is 0 Å². The number of hydrogen-bond acceptors (Lipinski definition) is 2. The molecule has 0 aromatic heterocycles. The Morgan fingerprint density at radius 3 is 2.70 bits per heavy atom. The van der Waals surface area contributed by atoms with Crippen molar-refractivity contribution in [3.8, 4) is 5.75 Å². The van der Waals surface area contributed by atoms with Crippen LogP contribution in [0.2, 0.25) is 5.02 Å². The minimum Gasteiger partial charge on any atom is -0.497 e. The van der Waals surface area contributed by atoms with Crippen molar-refractivity contribution in [2.45, 2.75) is 19.4 Å². The molecule has 2 rings (SSSR count). The third-order valence-electron chi connectivity index (χ3n) is 3.64. The fourth-order valence-electron chi connectivity index (χ4n) is 2.28. The number of hydrogen-bond donors (Lipinski definition) is 0. The Morgan fingerprint density at radius 1 is 1.26 bits per heavy atom. The lowest BCUT2D eigenvalue weighted by atomic mass is 10.1. The number of carbonyl (C=O) groups is 1. The Balaban J connectivity index is 1.95. The molecule has 0 aliphatic carbocycles. The molecule has 0 N–H and O–H groups in total. The van der Waals surface area contributed by atoms with Crippen molar-refractivity contribution in [2.24, 2.45) is 0 Å². The molecular formula is C18H19ClFNO2. The van der Waals surface area contributed by atoms with Crippen LogP contribution in [0, 0.1) is 5.82 Å². The van der Waals surface area contributed by atoms with Gasteiger partial charge >= 0.3 is 0 Å². The van der Waals surface area contributed by atoms with E-state index in [2.05, 4.69) is 0 Å². The summed E-state index contributed by atoms with van der Waals surface area (Å²) in [6.45, 7) is 0.155. The van der Waals surface area contributed by atoms with Gasteiger partial charge in [-0.05, 0) is 36.2 Å². The monoisotopic (exact) mass is 335 g/mol. The summed E-state index contributed by atoms with van der Waals surface area (Å²) in [4.78, 5) is 13.7. The number of rotatable bonds is 6. The first kappa shape index (κ1) is 17.3. The summed E-state index contributed by atoms with van der Waals surface area (Å²) >= 11 is 5.99. The molecule has 0 fully saturated rings. The van der Waals surface area contributed by atoms with Gasteiger partial charge in [0.05, 0.1) is 7.11 Å². The second-order valence-electron chi connectivity index (χ2n) is 5.30. The van der Waals surface area contributed by atoms with Crippen molar-refractivity contribution in [3.05, 3.63) is 64.4 Å². The molecule has 0 aliphatic rings. The summed E-state index contributed by atoms with van der Waals surface area (Å²) in [6, 6.07) is 12.1. The Bertz CT molecular complexity index is 670. The second-order valence-corrected chi connectivity index (χ2v) is 5.71. The Kier molecular flexibility index (Phi) is 5.99. The SMILES string of the molecule is COc1cccc(CCC(=O)N(C)Cc2c(F)cccc2Cl)c1. The first-order valence-electron chi connectivity index (χ1n) is 7.31. The molecular weight excluding hydrogens is 317 g/mol. The van der Waals surface area contributed by atoms with Gasteiger partial charge in [0.2, 0.25) is 5.91 Å². The normalized spacial score (nSPS) is 10.4. The first-order valence-corrected chi connectivity index (χ1v) is 7.69. The maximum Gasteiger partial charge on any atom is 0.222 e. The molecule has 2 aromatic carbocycles. The van der Waals surface area contributed by atoms with Crippen LogP contribution >= 0.6 is 11.6 Å². The van der Waals surface area contributed by atoms with E-state index in [1.54, 1.807) is 26.3 Å². The molecule has 122 valence electrons.